The topological polar surface area (TPSA) is 73.5 Å². The summed E-state index contributed by atoms with van der Waals surface area (Å²) >= 11 is 0. The van der Waals surface area contributed by atoms with Crippen molar-refractivity contribution in [3.63, 3.8) is 0 Å². The SMILES string of the molecule is O=C(NCC(=O)N1CCCC1)C1CC(c2ccccc2)NN1. The second kappa shape index (κ2) is 6.89. The van der Waals surface area contributed by atoms with E-state index in [0.29, 0.717) is 6.42 Å². The Labute approximate surface area is 130 Å². The van der Waals surface area contributed by atoms with E-state index in [1.165, 1.54) is 0 Å². The number of amides is 2. The summed E-state index contributed by atoms with van der Waals surface area (Å²) in [5.74, 6) is -0.116. The standard InChI is InChI=1S/C16H22N4O2/c21-15(20-8-4-5-9-20)11-17-16(22)14-10-13(18-19-14)12-6-2-1-3-7-12/h1-3,6-7,13-14,18-19H,4-5,8-11H2,(H,17,22). The summed E-state index contributed by atoms with van der Waals surface area (Å²) in [6.07, 6.45) is 2.80. The predicted octanol–water partition coefficient (Wildman–Crippen LogP) is 0.333. The Balaban J connectivity index is 1.46. The van der Waals surface area contributed by atoms with Crippen molar-refractivity contribution in [3.8, 4) is 0 Å². The molecule has 22 heavy (non-hydrogen) atoms. The zero-order chi connectivity index (χ0) is 15.4. The molecule has 2 aliphatic heterocycles. The van der Waals surface area contributed by atoms with Gasteiger partial charge in [-0.2, -0.15) is 0 Å². The number of rotatable bonds is 4. The molecule has 0 saturated carbocycles. The predicted molar refractivity (Wildman–Crippen MR) is 82.7 cm³/mol. The molecule has 1 aromatic rings. The van der Waals surface area contributed by atoms with Crippen LogP contribution in [0.15, 0.2) is 30.3 Å². The fourth-order valence-corrected chi connectivity index (χ4v) is 3.00. The van der Waals surface area contributed by atoms with Crippen LogP contribution in [0.4, 0.5) is 0 Å². The van der Waals surface area contributed by atoms with Crippen LogP contribution in [0.1, 0.15) is 30.9 Å². The average Bonchev–Trinajstić information content (AvgIpc) is 3.24. The molecule has 2 atom stereocenters. The number of hydrazine groups is 1. The zero-order valence-corrected chi connectivity index (χ0v) is 12.5. The Morgan fingerprint density at radius 3 is 2.59 bits per heavy atom. The smallest absolute Gasteiger partial charge is 0.241 e. The van der Waals surface area contributed by atoms with Crippen molar-refractivity contribution in [3.05, 3.63) is 35.9 Å². The molecular weight excluding hydrogens is 280 g/mol. The number of likely N-dealkylation sites (tertiary alicyclic amines) is 1. The van der Waals surface area contributed by atoms with Gasteiger partial charge in [0.05, 0.1) is 6.54 Å². The monoisotopic (exact) mass is 302 g/mol. The molecule has 0 radical (unpaired) electrons. The first-order valence-electron chi connectivity index (χ1n) is 7.85. The molecule has 6 heteroatoms. The minimum Gasteiger partial charge on any atom is -0.346 e. The van der Waals surface area contributed by atoms with Crippen molar-refractivity contribution in [2.45, 2.75) is 31.3 Å². The van der Waals surface area contributed by atoms with Gasteiger partial charge in [-0.25, -0.2) is 10.9 Å². The third-order valence-electron chi connectivity index (χ3n) is 4.29. The second-order valence-corrected chi connectivity index (χ2v) is 5.85. The summed E-state index contributed by atoms with van der Waals surface area (Å²) < 4.78 is 0. The van der Waals surface area contributed by atoms with E-state index in [1.807, 2.05) is 35.2 Å². The van der Waals surface area contributed by atoms with Gasteiger partial charge in [0.15, 0.2) is 0 Å². The molecule has 3 rings (SSSR count). The van der Waals surface area contributed by atoms with Gasteiger partial charge in [-0.05, 0) is 24.8 Å². The molecular formula is C16H22N4O2. The summed E-state index contributed by atoms with van der Waals surface area (Å²) in [5, 5.41) is 2.74. The summed E-state index contributed by atoms with van der Waals surface area (Å²) in [6.45, 7) is 1.72. The number of nitrogens with one attached hydrogen (secondary N) is 3. The van der Waals surface area contributed by atoms with E-state index in [0.717, 1.165) is 31.5 Å². The Morgan fingerprint density at radius 1 is 1.14 bits per heavy atom. The lowest BCUT2D eigenvalue weighted by atomic mass is 10.0. The molecule has 1 aromatic carbocycles. The number of carbonyl (C=O) groups excluding carboxylic acids is 2. The minimum absolute atomic E-state index is 0.0106. The molecule has 2 heterocycles. The fourth-order valence-electron chi connectivity index (χ4n) is 3.00. The number of carbonyl (C=O) groups is 2. The first-order chi connectivity index (χ1) is 10.7. The van der Waals surface area contributed by atoms with Gasteiger partial charge in [0.2, 0.25) is 11.8 Å². The van der Waals surface area contributed by atoms with Crippen molar-refractivity contribution < 1.29 is 9.59 Å². The Bertz CT molecular complexity index is 528. The largest absolute Gasteiger partial charge is 0.346 e. The van der Waals surface area contributed by atoms with Gasteiger partial charge >= 0.3 is 0 Å². The highest BCUT2D eigenvalue weighted by atomic mass is 16.2. The van der Waals surface area contributed by atoms with Gasteiger partial charge in [0, 0.05) is 19.1 Å². The van der Waals surface area contributed by atoms with E-state index in [-0.39, 0.29) is 30.4 Å². The van der Waals surface area contributed by atoms with Crippen LogP contribution in [0.5, 0.6) is 0 Å². The van der Waals surface area contributed by atoms with E-state index < -0.39 is 0 Å². The summed E-state index contributed by atoms with van der Waals surface area (Å²) in [7, 11) is 0. The molecule has 2 amide bonds. The zero-order valence-electron chi connectivity index (χ0n) is 12.5. The maximum Gasteiger partial charge on any atom is 0.241 e. The third-order valence-corrected chi connectivity index (χ3v) is 4.29. The molecule has 118 valence electrons. The van der Waals surface area contributed by atoms with E-state index in [1.54, 1.807) is 0 Å². The summed E-state index contributed by atoms with van der Waals surface area (Å²) in [6, 6.07) is 9.83. The van der Waals surface area contributed by atoms with Gasteiger partial charge in [-0.3, -0.25) is 9.59 Å². The van der Waals surface area contributed by atoms with E-state index in [2.05, 4.69) is 16.2 Å². The van der Waals surface area contributed by atoms with Crippen LogP contribution in [0.25, 0.3) is 0 Å². The van der Waals surface area contributed by atoms with Gasteiger partial charge in [-0.15, -0.1) is 0 Å². The minimum atomic E-state index is -0.309. The molecule has 6 nitrogen and oxygen atoms in total. The molecule has 2 aliphatic rings. The molecule has 2 saturated heterocycles. The van der Waals surface area contributed by atoms with Crippen LogP contribution in [0.3, 0.4) is 0 Å². The average molecular weight is 302 g/mol. The summed E-state index contributed by atoms with van der Waals surface area (Å²) in [5.41, 5.74) is 7.30. The number of hydrogen-bond donors (Lipinski definition) is 3. The number of hydrogen-bond acceptors (Lipinski definition) is 4. The van der Waals surface area contributed by atoms with Crippen molar-refractivity contribution >= 4 is 11.8 Å². The van der Waals surface area contributed by atoms with Crippen molar-refractivity contribution in [2.24, 2.45) is 0 Å². The Hall–Kier alpha value is -1.92. The normalized spacial score (nSPS) is 24.5. The van der Waals surface area contributed by atoms with E-state index >= 15 is 0 Å². The Kier molecular flexibility index (Phi) is 4.70. The maximum atomic E-state index is 12.2. The van der Waals surface area contributed by atoms with E-state index in [4.69, 9.17) is 0 Å². The lowest BCUT2D eigenvalue weighted by Gasteiger charge is -2.16. The van der Waals surface area contributed by atoms with Crippen molar-refractivity contribution in [1.29, 1.82) is 0 Å². The van der Waals surface area contributed by atoms with Crippen LogP contribution in [0.2, 0.25) is 0 Å². The van der Waals surface area contributed by atoms with E-state index in [9.17, 15) is 9.59 Å². The number of benzene rings is 1. The lowest BCUT2D eigenvalue weighted by Crippen LogP contribution is -2.46. The van der Waals surface area contributed by atoms with Gasteiger partial charge in [0.1, 0.15) is 6.04 Å². The van der Waals surface area contributed by atoms with Crippen LogP contribution >= 0.6 is 0 Å². The molecule has 0 spiro atoms. The van der Waals surface area contributed by atoms with Crippen molar-refractivity contribution in [2.75, 3.05) is 19.6 Å². The lowest BCUT2D eigenvalue weighted by molar-refractivity contribution is -0.132. The Morgan fingerprint density at radius 2 is 1.86 bits per heavy atom. The molecule has 0 aliphatic carbocycles. The number of nitrogens with zero attached hydrogens (tertiary/aromatic N) is 1. The molecule has 0 aromatic heterocycles. The first kappa shape index (κ1) is 15.0. The molecule has 2 fully saturated rings. The summed E-state index contributed by atoms with van der Waals surface area (Å²) in [4.78, 5) is 25.9. The molecule has 0 bridgehead atoms. The van der Waals surface area contributed by atoms with Gasteiger partial charge in [-0.1, -0.05) is 30.3 Å². The second-order valence-electron chi connectivity index (χ2n) is 5.85. The third kappa shape index (κ3) is 3.45. The van der Waals surface area contributed by atoms with Gasteiger partial charge < -0.3 is 10.2 Å². The van der Waals surface area contributed by atoms with Crippen LogP contribution in [-0.2, 0) is 9.59 Å². The van der Waals surface area contributed by atoms with Crippen molar-refractivity contribution in [1.82, 2.24) is 21.1 Å². The highest BCUT2D eigenvalue weighted by Crippen LogP contribution is 2.21. The van der Waals surface area contributed by atoms with Crippen LogP contribution < -0.4 is 16.2 Å². The maximum absolute atomic E-state index is 12.2. The van der Waals surface area contributed by atoms with Crippen LogP contribution in [-0.4, -0.2) is 42.4 Å². The van der Waals surface area contributed by atoms with Crippen LogP contribution in [0, 0.1) is 0 Å². The highest BCUT2D eigenvalue weighted by Gasteiger charge is 2.30. The fraction of sp³-hybridized carbons (Fsp3) is 0.500. The first-order valence-corrected chi connectivity index (χ1v) is 7.85. The highest BCUT2D eigenvalue weighted by molar-refractivity contribution is 5.87. The quantitative estimate of drug-likeness (QED) is 0.749. The molecule has 3 N–H and O–H groups in total. The molecule has 2 unspecified atom stereocenters. The van der Waals surface area contributed by atoms with Gasteiger partial charge in [0.25, 0.3) is 0 Å².